The van der Waals surface area contributed by atoms with Crippen molar-refractivity contribution >= 4 is 11.5 Å². The number of hydrogen-bond donors (Lipinski definition) is 1. The Morgan fingerprint density at radius 2 is 2.12 bits per heavy atom. The standard InChI is InChI=1S/C12H15N3O2/c16-9-10-8-15-11(13-10)2-1-3-12(15)14-4-6-17-7-5-14/h1-3,8,16H,4-7,9H2. The summed E-state index contributed by atoms with van der Waals surface area (Å²) in [6.45, 7) is 3.29. The number of aliphatic hydroxyl groups excluding tert-OH is 1. The van der Waals surface area contributed by atoms with Crippen molar-refractivity contribution in [3.63, 3.8) is 0 Å². The highest BCUT2D eigenvalue weighted by Crippen LogP contribution is 2.18. The third-order valence-corrected chi connectivity index (χ3v) is 3.02. The molecule has 2 aromatic heterocycles. The highest BCUT2D eigenvalue weighted by molar-refractivity contribution is 5.52. The van der Waals surface area contributed by atoms with Crippen LogP contribution in [0.25, 0.3) is 5.65 Å². The lowest BCUT2D eigenvalue weighted by molar-refractivity contribution is 0.122. The van der Waals surface area contributed by atoms with Crippen molar-refractivity contribution in [3.05, 3.63) is 30.1 Å². The van der Waals surface area contributed by atoms with Gasteiger partial charge in [-0.15, -0.1) is 0 Å². The van der Waals surface area contributed by atoms with E-state index in [1.54, 1.807) is 0 Å². The van der Waals surface area contributed by atoms with Crippen molar-refractivity contribution < 1.29 is 9.84 Å². The maximum Gasteiger partial charge on any atom is 0.138 e. The molecule has 3 heterocycles. The zero-order valence-corrected chi connectivity index (χ0v) is 9.54. The molecule has 5 nitrogen and oxygen atoms in total. The van der Waals surface area contributed by atoms with Crippen LogP contribution in [-0.4, -0.2) is 40.8 Å². The summed E-state index contributed by atoms with van der Waals surface area (Å²) in [4.78, 5) is 6.62. The molecular formula is C12H15N3O2. The summed E-state index contributed by atoms with van der Waals surface area (Å²) in [5.41, 5.74) is 1.57. The first-order valence-corrected chi connectivity index (χ1v) is 5.79. The molecule has 1 fully saturated rings. The van der Waals surface area contributed by atoms with Crippen LogP contribution in [0.2, 0.25) is 0 Å². The lowest BCUT2D eigenvalue weighted by Crippen LogP contribution is -2.37. The van der Waals surface area contributed by atoms with Gasteiger partial charge in [-0.05, 0) is 12.1 Å². The van der Waals surface area contributed by atoms with Gasteiger partial charge < -0.3 is 14.7 Å². The number of nitrogens with zero attached hydrogens (tertiary/aromatic N) is 3. The number of morpholine rings is 1. The van der Waals surface area contributed by atoms with Crippen molar-refractivity contribution in [2.45, 2.75) is 6.61 Å². The number of pyridine rings is 1. The summed E-state index contributed by atoms with van der Waals surface area (Å²) in [6, 6.07) is 6.01. The number of aliphatic hydroxyl groups is 1. The maximum absolute atomic E-state index is 9.13. The first kappa shape index (κ1) is 10.6. The minimum absolute atomic E-state index is 0.0236. The predicted octanol–water partition coefficient (Wildman–Crippen LogP) is 0.663. The maximum atomic E-state index is 9.13. The third-order valence-electron chi connectivity index (χ3n) is 3.02. The van der Waals surface area contributed by atoms with Crippen LogP contribution in [0.5, 0.6) is 0 Å². The van der Waals surface area contributed by atoms with Gasteiger partial charge in [0, 0.05) is 19.3 Å². The Kier molecular flexibility index (Phi) is 2.70. The molecule has 0 bridgehead atoms. The van der Waals surface area contributed by atoms with Gasteiger partial charge in [0.25, 0.3) is 0 Å². The second kappa shape index (κ2) is 4.35. The van der Waals surface area contributed by atoms with E-state index >= 15 is 0 Å². The Bertz CT molecular complexity index is 517. The van der Waals surface area contributed by atoms with Crippen molar-refractivity contribution in [3.8, 4) is 0 Å². The van der Waals surface area contributed by atoms with Crippen LogP contribution in [-0.2, 0) is 11.3 Å². The van der Waals surface area contributed by atoms with E-state index in [1.807, 2.05) is 22.7 Å². The summed E-state index contributed by atoms with van der Waals surface area (Å²) in [5.74, 6) is 1.11. The number of ether oxygens (including phenoxy) is 1. The van der Waals surface area contributed by atoms with Crippen molar-refractivity contribution in [2.75, 3.05) is 31.2 Å². The minimum Gasteiger partial charge on any atom is -0.390 e. The van der Waals surface area contributed by atoms with Gasteiger partial charge in [0.05, 0.1) is 25.5 Å². The van der Waals surface area contributed by atoms with Crippen LogP contribution in [0, 0.1) is 0 Å². The molecule has 0 amide bonds. The number of rotatable bonds is 2. The number of imidazole rings is 1. The summed E-state index contributed by atoms with van der Waals surface area (Å²) in [6.07, 6.45) is 1.89. The molecule has 1 saturated heterocycles. The largest absolute Gasteiger partial charge is 0.390 e. The Morgan fingerprint density at radius 3 is 2.88 bits per heavy atom. The monoisotopic (exact) mass is 233 g/mol. The molecule has 0 aromatic carbocycles. The predicted molar refractivity (Wildman–Crippen MR) is 64.1 cm³/mol. The summed E-state index contributed by atoms with van der Waals surface area (Å²) >= 11 is 0. The Labute approximate surface area is 99.3 Å². The molecule has 0 saturated carbocycles. The summed E-state index contributed by atoms with van der Waals surface area (Å²) < 4.78 is 7.38. The number of aromatic nitrogens is 2. The van der Waals surface area contributed by atoms with E-state index in [-0.39, 0.29) is 6.61 Å². The highest BCUT2D eigenvalue weighted by atomic mass is 16.5. The molecule has 90 valence electrons. The van der Waals surface area contributed by atoms with Gasteiger partial charge >= 0.3 is 0 Å². The van der Waals surface area contributed by atoms with Crippen LogP contribution in [0.3, 0.4) is 0 Å². The third kappa shape index (κ3) is 1.87. The molecule has 5 heteroatoms. The quantitative estimate of drug-likeness (QED) is 0.828. The van der Waals surface area contributed by atoms with E-state index in [9.17, 15) is 0 Å². The molecular weight excluding hydrogens is 218 g/mol. The van der Waals surface area contributed by atoms with Gasteiger partial charge in [-0.3, -0.25) is 4.40 Å². The number of fused-ring (bicyclic) bond motifs is 1. The zero-order valence-electron chi connectivity index (χ0n) is 9.54. The summed E-state index contributed by atoms with van der Waals surface area (Å²) in [5, 5.41) is 9.13. The normalized spacial score (nSPS) is 16.6. The zero-order chi connectivity index (χ0) is 11.7. The van der Waals surface area contributed by atoms with E-state index in [0.29, 0.717) is 5.69 Å². The second-order valence-electron chi connectivity index (χ2n) is 4.10. The van der Waals surface area contributed by atoms with Crippen LogP contribution < -0.4 is 4.90 Å². The highest BCUT2D eigenvalue weighted by Gasteiger charge is 2.14. The van der Waals surface area contributed by atoms with Gasteiger partial charge in [-0.25, -0.2) is 4.98 Å². The van der Waals surface area contributed by atoms with Crippen LogP contribution in [0.1, 0.15) is 5.69 Å². The first-order chi connectivity index (χ1) is 8.38. The fourth-order valence-corrected chi connectivity index (χ4v) is 2.17. The van der Waals surface area contributed by atoms with Crippen LogP contribution in [0.4, 0.5) is 5.82 Å². The molecule has 3 rings (SSSR count). The molecule has 0 atom stereocenters. The molecule has 0 unspecified atom stereocenters. The van der Waals surface area contributed by atoms with Crippen LogP contribution >= 0.6 is 0 Å². The molecule has 1 aliphatic rings. The van der Waals surface area contributed by atoms with Gasteiger partial charge in [0.2, 0.25) is 0 Å². The number of anilines is 1. The van der Waals surface area contributed by atoms with Crippen molar-refractivity contribution in [1.29, 1.82) is 0 Å². The fourth-order valence-electron chi connectivity index (χ4n) is 2.17. The van der Waals surface area contributed by atoms with Gasteiger partial charge in [-0.1, -0.05) is 6.07 Å². The lowest BCUT2D eigenvalue weighted by Gasteiger charge is -2.29. The average Bonchev–Trinajstić information content (AvgIpc) is 2.82. The smallest absolute Gasteiger partial charge is 0.138 e. The molecule has 2 aromatic rings. The average molecular weight is 233 g/mol. The fraction of sp³-hybridized carbons (Fsp3) is 0.417. The Hall–Kier alpha value is -1.59. The van der Waals surface area contributed by atoms with E-state index < -0.39 is 0 Å². The topological polar surface area (TPSA) is 50.0 Å². The van der Waals surface area contributed by atoms with Gasteiger partial charge in [0.15, 0.2) is 0 Å². The van der Waals surface area contributed by atoms with Crippen molar-refractivity contribution in [2.24, 2.45) is 0 Å². The molecule has 0 aliphatic carbocycles. The number of hydrogen-bond acceptors (Lipinski definition) is 4. The molecule has 17 heavy (non-hydrogen) atoms. The molecule has 0 spiro atoms. The Balaban J connectivity index is 2.05. The molecule has 0 radical (unpaired) electrons. The summed E-state index contributed by atoms with van der Waals surface area (Å²) in [7, 11) is 0. The second-order valence-corrected chi connectivity index (χ2v) is 4.10. The molecule has 1 N–H and O–H groups in total. The van der Waals surface area contributed by atoms with E-state index in [4.69, 9.17) is 9.84 Å². The minimum atomic E-state index is -0.0236. The van der Waals surface area contributed by atoms with E-state index in [2.05, 4.69) is 16.0 Å². The first-order valence-electron chi connectivity index (χ1n) is 5.79. The Morgan fingerprint density at radius 1 is 1.29 bits per heavy atom. The van der Waals surface area contributed by atoms with E-state index in [1.165, 1.54) is 0 Å². The molecule has 1 aliphatic heterocycles. The van der Waals surface area contributed by atoms with Crippen LogP contribution in [0.15, 0.2) is 24.4 Å². The lowest BCUT2D eigenvalue weighted by atomic mass is 10.3. The van der Waals surface area contributed by atoms with Gasteiger partial charge in [-0.2, -0.15) is 0 Å². The van der Waals surface area contributed by atoms with E-state index in [0.717, 1.165) is 37.8 Å². The van der Waals surface area contributed by atoms with Crippen molar-refractivity contribution in [1.82, 2.24) is 9.38 Å². The SMILES string of the molecule is OCc1cn2c(N3CCOCC3)cccc2n1. The van der Waals surface area contributed by atoms with Gasteiger partial charge in [0.1, 0.15) is 11.5 Å².